The molecular weight excluding hydrogens is 553 g/mol. The van der Waals surface area contributed by atoms with Gasteiger partial charge in [0.15, 0.2) is 3.95 Å². The molecular formula is C29H26N2O5S3. The highest BCUT2D eigenvalue weighted by Crippen LogP contribution is 2.68. The number of rotatable bonds is 7. The number of aliphatic carboxylic acids is 1. The maximum atomic E-state index is 13.6. The second-order valence-electron chi connectivity index (χ2n) is 10.8. The van der Waals surface area contributed by atoms with Crippen LogP contribution in [0.2, 0.25) is 0 Å². The summed E-state index contributed by atoms with van der Waals surface area (Å²) in [5.41, 5.74) is 1.13. The molecule has 3 heterocycles. The molecule has 2 aliphatic carbocycles. The number of aromatic amines is 1. The molecule has 7 nitrogen and oxygen atoms in total. The number of imide groups is 1. The van der Waals surface area contributed by atoms with Crippen LogP contribution < -0.4 is 4.74 Å². The summed E-state index contributed by atoms with van der Waals surface area (Å²) in [5.74, 6) is 0.189. The topological polar surface area (TPSA) is 99.7 Å². The molecule has 7 unspecified atom stereocenters. The van der Waals surface area contributed by atoms with Gasteiger partial charge in [-0.05, 0) is 72.6 Å². The van der Waals surface area contributed by atoms with Crippen molar-refractivity contribution in [2.45, 2.75) is 35.5 Å². The molecule has 1 aromatic heterocycles. The number of carbonyl (C=O) groups excluding carboxylic acids is 2. The molecule has 10 heteroatoms. The van der Waals surface area contributed by atoms with Crippen molar-refractivity contribution >= 4 is 53.1 Å². The lowest BCUT2D eigenvalue weighted by molar-refractivity contribution is -0.142. The van der Waals surface area contributed by atoms with Crippen LogP contribution in [-0.4, -0.2) is 44.6 Å². The van der Waals surface area contributed by atoms with Crippen LogP contribution >= 0.6 is 35.3 Å². The molecule has 3 aromatic rings. The minimum absolute atomic E-state index is 0.0448. The first kappa shape index (κ1) is 25.0. The van der Waals surface area contributed by atoms with Gasteiger partial charge in [-0.3, -0.25) is 19.3 Å². The summed E-state index contributed by atoms with van der Waals surface area (Å²) in [4.78, 5) is 44.0. The predicted octanol–water partition coefficient (Wildman–Crippen LogP) is 5.94. The Balaban J connectivity index is 1.24. The summed E-state index contributed by atoms with van der Waals surface area (Å²) in [6.45, 7) is 0.182. The number of nitrogens with zero attached hydrogens (tertiary/aromatic N) is 1. The average Bonchev–Trinajstić information content (AvgIpc) is 3.65. The van der Waals surface area contributed by atoms with E-state index in [9.17, 15) is 14.4 Å². The van der Waals surface area contributed by atoms with Crippen molar-refractivity contribution in [2.24, 2.45) is 29.6 Å². The third kappa shape index (κ3) is 4.06. The quantitative estimate of drug-likeness (QED) is 0.265. The Bertz CT molecular complexity index is 1530. The molecule has 2 bridgehead atoms. The summed E-state index contributed by atoms with van der Waals surface area (Å²) < 4.78 is 6.90. The van der Waals surface area contributed by atoms with Crippen molar-refractivity contribution in [1.82, 2.24) is 9.88 Å². The molecule has 2 N–H and O–H groups in total. The van der Waals surface area contributed by atoms with E-state index >= 15 is 0 Å². The number of carbonyl (C=O) groups is 3. The van der Waals surface area contributed by atoms with Crippen molar-refractivity contribution < 1.29 is 24.2 Å². The van der Waals surface area contributed by atoms with Gasteiger partial charge in [0.25, 0.3) is 0 Å². The Morgan fingerprint density at radius 3 is 2.56 bits per heavy atom. The molecule has 39 heavy (non-hydrogen) atoms. The number of H-pyrrole nitrogens is 1. The number of likely N-dealkylation sites (tertiary alicyclic amines) is 1. The fourth-order valence-corrected chi connectivity index (χ4v) is 10.8. The molecule has 4 aliphatic rings. The van der Waals surface area contributed by atoms with Crippen LogP contribution in [0.5, 0.6) is 11.5 Å². The predicted molar refractivity (Wildman–Crippen MR) is 150 cm³/mol. The van der Waals surface area contributed by atoms with Gasteiger partial charge < -0.3 is 14.8 Å². The van der Waals surface area contributed by atoms with Gasteiger partial charge in [-0.25, -0.2) is 0 Å². The standard InChI is InChI=1S/C29H26N2O5S3/c32-19(33)10-5-11-31-27(34)22-17-13-18(23(22)28(31)35)24-21(17)20(25-26(38-24)30-29(37)39-25)14-6-4-9-16(12-14)36-15-7-2-1-3-8-15/h1-4,6-9,12,17-18,20-24H,5,10-11,13H2,(H,30,37)(H,32,33). The number of thiazole rings is 1. The minimum atomic E-state index is -0.915. The first-order valence-electron chi connectivity index (χ1n) is 13.2. The van der Waals surface area contributed by atoms with Gasteiger partial charge >= 0.3 is 5.97 Å². The van der Waals surface area contributed by atoms with Gasteiger partial charge in [0.05, 0.1) is 16.9 Å². The van der Waals surface area contributed by atoms with Gasteiger partial charge in [-0.15, -0.1) is 23.1 Å². The Kier molecular flexibility index (Phi) is 6.17. The Labute approximate surface area is 238 Å². The second kappa shape index (κ2) is 9.60. The van der Waals surface area contributed by atoms with E-state index in [4.69, 9.17) is 22.1 Å². The molecule has 3 fully saturated rings. The van der Waals surface area contributed by atoms with Crippen LogP contribution in [0.4, 0.5) is 0 Å². The number of aromatic nitrogens is 1. The molecule has 7 rings (SSSR count). The molecule has 0 radical (unpaired) electrons. The molecule has 2 aromatic carbocycles. The number of hydrogen-bond donors (Lipinski definition) is 2. The number of ether oxygens (including phenoxy) is 1. The maximum absolute atomic E-state index is 13.6. The SMILES string of the molecule is O=C(O)CCCN1C(=O)C2C3CC(C2C1=O)C1C(c2cccc(Oc4ccccc4)c2)c2sc(=S)[nH]c2SC31. The van der Waals surface area contributed by atoms with E-state index in [0.717, 1.165) is 32.5 Å². The molecule has 200 valence electrons. The van der Waals surface area contributed by atoms with Crippen LogP contribution in [0.15, 0.2) is 59.6 Å². The van der Waals surface area contributed by atoms with Gasteiger partial charge in [-0.2, -0.15) is 0 Å². The largest absolute Gasteiger partial charge is 0.481 e. The normalized spacial score (nSPS) is 30.3. The number of thioether (sulfide) groups is 1. The first-order chi connectivity index (χ1) is 18.9. The number of fused-ring (bicyclic) bond motifs is 9. The van der Waals surface area contributed by atoms with Crippen molar-refractivity contribution in [3.8, 4) is 11.5 Å². The first-order valence-corrected chi connectivity index (χ1v) is 15.3. The lowest BCUT2D eigenvalue weighted by Crippen LogP contribution is -2.42. The highest BCUT2D eigenvalue weighted by atomic mass is 32.2. The van der Waals surface area contributed by atoms with E-state index < -0.39 is 5.97 Å². The number of carboxylic acid groups (broad SMARTS) is 1. The molecule has 1 saturated heterocycles. The summed E-state index contributed by atoms with van der Waals surface area (Å²) in [6.07, 6.45) is 1.10. The summed E-state index contributed by atoms with van der Waals surface area (Å²) in [7, 11) is 0. The van der Waals surface area contributed by atoms with E-state index in [0.29, 0.717) is 0 Å². The number of benzene rings is 2. The summed E-state index contributed by atoms with van der Waals surface area (Å²) >= 11 is 8.95. The zero-order valence-electron chi connectivity index (χ0n) is 20.8. The van der Waals surface area contributed by atoms with E-state index in [2.05, 4.69) is 17.1 Å². The summed E-state index contributed by atoms with van der Waals surface area (Å²) in [5, 5.41) is 10.3. The molecule has 7 atom stereocenters. The van der Waals surface area contributed by atoms with Crippen LogP contribution in [0, 0.1) is 33.5 Å². The van der Waals surface area contributed by atoms with Gasteiger partial charge in [0, 0.05) is 29.0 Å². The van der Waals surface area contributed by atoms with Crippen molar-refractivity contribution in [3.63, 3.8) is 0 Å². The third-order valence-corrected chi connectivity index (χ3v) is 11.7. The van der Waals surface area contributed by atoms with Crippen molar-refractivity contribution in [1.29, 1.82) is 0 Å². The third-order valence-electron chi connectivity index (χ3n) is 8.78. The Hall–Kier alpha value is -2.95. The van der Waals surface area contributed by atoms with E-state index in [1.165, 1.54) is 9.78 Å². The van der Waals surface area contributed by atoms with Crippen molar-refractivity contribution in [2.75, 3.05) is 6.54 Å². The zero-order chi connectivity index (χ0) is 26.8. The van der Waals surface area contributed by atoms with Crippen LogP contribution in [0.25, 0.3) is 0 Å². The highest BCUT2D eigenvalue weighted by Gasteiger charge is 2.69. The van der Waals surface area contributed by atoms with Crippen molar-refractivity contribution in [3.05, 3.63) is 69.0 Å². The lowest BCUT2D eigenvalue weighted by atomic mass is 9.68. The monoisotopic (exact) mass is 578 g/mol. The number of carboxylic acids is 1. The van der Waals surface area contributed by atoms with E-state index in [1.807, 2.05) is 42.5 Å². The fraction of sp³-hybridized carbons (Fsp3) is 0.379. The zero-order valence-corrected chi connectivity index (χ0v) is 23.3. The number of amides is 2. The minimum Gasteiger partial charge on any atom is -0.481 e. The number of hydrogen-bond acceptors (Lipinski definition) is 7. The lowest BCUT2D eigenvalue weighted by Gasteiger charge is -2.43. The highest BCUT2D eigenvalue weighted by molar-refractivity contribution is 8.00. The maximum Gasteiger partial charge on any atom is 0.303 e. The number of nitrogens with one attached hydrogen (secondary N) is 1. The van der Waals surface area contributed by atoms with Gasteiger partial charge in [0.2, 0.25) is 11.8 Å². The van der Waals surface area contributed by atoms with E-state index in [1.54, 1.807) is 23.1 Å². The fourth-order valence-electron chi connectivity index (χ4n) is 7.46. The van der Waals surface area contributed by atoms with Crippen LogP contribution in [-0.2, 0) is 14.4 Å². The van der Waals surface area contributed by atoms with Gasteiger partial charge in [-0.1, -0.05) is 30.3 Å². The van der Waals surface area contributed by atoms with Gasteiger partial charge in [0.1, 0.15) is 11.5 Å². The van der Waals surface area contributed by atoms with Crippen LogP contribution in [0.3, 0.4) is 0 Å². The smallest absolute Gasteiger partial charge is 0.303 e. The van der Waals surface area contributed by atoms with E-state index in [-0.39, 0.29) is 72.0 Å². The van der Waals surface area contributed by atoms with Crippen LogP contribution in [0.1, 0.15) is 35.6 Å². The second-order valence-corrected chi connectivity index (χ2v) is 13.7. The molecule has 0 spiro atoms. The summed E-state index contributed by atoms with van der Waals surface area (Å²) in [6, 6.07) is 17.9. The molecule has 2 aliphatic heterocycles. The molecule has 2 saturated carbocycles. The Morgan fingerprint density at radius 2 is 1.79 bits per heavy atom. The molecule has 2 amide bonds. The Morgan fingerprint density at radius 1 is 1.05 bits per heavy atom. The number of para-hydroxylation sites is 1. The average molecular weight is 579 g/mol.